The molecule has 0 saturated carbocycles. The number of fused-ring (bicyclic) bond motifs is 1. The Morgan fingerprint density at radius 1 is 1.41 bits per heavy atom. The summed E-state index contributed by atoms with van der Waals surface area (Å²) in [4.78, 5) is 7.94. The van der Waals surface area contributed by atoms with Gasteiger partial charge < -0.3 is 10.3 Å². The van der Waals surface area contributed by atoms with Crippen molar-refractivity contribution in [2.24, 2.45) is 0 Å². The van der Waals surface area contributed by atoms with Crippen molar-refractivity contribution in [1.82, 2.24) is 15.3 Å². The summed E-state index contributed by atoms with van der Waals surface area (Å²) < 4.78 is 0. The zero-order valence-electron chi connectivity index (χ0n) is 10.0. The quantitative estimate of drug-likeness (QED) is 0.844. The van der Waals surface area contributed by atoms with E-state index in [1.807, 2.05) is 13.2 Å². The molecular weight excluding hydrogens is 210 g/mol. The molecule has 1 atom stereocenters. The largest absolute Gasteiger partial charge is 0.344 e. The van der Waals surface area contributed by atoms with E-state index in [-0.39, 0.29) is 0 Å². The molecule has 0 spiro atoms. The normalized spacial score (nSPS) is 18.3. The summed E-state index contributed by atoms with van der Waals surface area (Å²) in [6.07, 6.45) is 4.28. The zero-order valence-corrected chi connectivity index (χ0v) is 10.0. The Kier molecular flexibility index (Phi) is 2.69. The fourth-order valence-corrected chi connectivity index (χ4v) is 2.68. The van der Waals surface area contributed by atoms with Crippen LogP contribution in [0.4, 0.5) is 0 Å². The molecule has 2 N–H and O–H groups in total. The number of hydrogen-bond donors (Lipinski definition) is 2. The van der Waals surface area contributed by atoms with Crippen LogP contribution in [0.5, 0.6) is 0 Å². The van der Waals surface area contributed by atoms with Gasteiger partial charge >= 0.3 is 0 Å². The molecule has 0 fully saturated rings. The Morgan fingerprint density at radius 2 is 2.29 bits per heavy atom. The second-order valence-corrected chi connectivity index (χ2v) is 4.61. The number of aromatic nitrogens is 2. The van der Waals surface area contributed by atoms with Crippen molar-refractivity contribution < 1.29 is 0 Å². The number of hydrogen-bond acceptors (Lipinski definition) is 2. The summed E-state index contributed by atoms with van der Waals surface area (Å²) in [5.74, 6) is 1.57. The van der Waals surface area contributed by atoms with Crippen molar-refractivity contribution in [3.63, 3.8) is 0 Å². The minimum absolute atomic E-state index is 0.455. The number of aryl methyl sites for hydroxylation is 1. The Balaban J connectivity index is 1.90. The van der Waals surface area contributed by atoms with Crippen LogP contribution >= 0.6 is 0 Å². The van der Waals surface area contributed by atoms with Gasteiger partial charge in [0.25, 0.3) is 0 Å². The highest BCUT2D eigenvalue weighted by Gasteiger charge is 2.25. The van der Waals surface area contributed by atoms with E-state index in [9.17, 15) is 0 Å². The van der Waals surface area contributed by atoms with E-state index >= 15 is 0 Å². The molecule has 0 bridgehead atoms. The molecule has 0 amide bonds. The Hall–Kier alpha value is -1.61. The molecule has 0 aliphatic heterocycles. The highest BCUT2D eigenvalue weighted by atomic mass is 15.0. The van der Waals surface area contributed by atoms with E-state index in [0.29, 0.717) is 5.92 Å². The van der Waals surface area contributed by atoms with Gasteiger partial charge in [-0.05, 0) is 31.0 Å². The first-order valence-corrected chi connectivity index (χ1v) is 6.14. The van der Waals surface area contributed by atoms with Crippen LogP contribution in [0.15, 0.2) is 30.5 Å². The van der Waals surface area contributed by atoms with Crippen LogP contribution < -0.4 is 5.32 Å². The van der Waals surface area contributed by atoms with Gasteiger partial charge in [-0.3, -0.25) is 0 Å². The van der Waals surface area contributed by atoms with Gasteiger partial charge in [-0.2, -0.15) is 0 Å². The van der Waals surface area contributed by atoms with Crippen molar-refractivity contribution in [1.29, 1.82) is 0 Å². The summed E-state index contributed by atoms with van der Waals surface area (Å²) in [5.41, 5.74) is 4.08. The lowest BCUT2D eigenvalue weighted by atomic mass is 10.0. The number of aromatic amines is 1. The van der Waals surface area contributed by atoms with Crippen LogP contribution in [0.3, 0.4) is 0 Å². The van der Waals surface area contributed by atoms with Gasteiger partial charge in [0.05, 0.1) is 0 Å². The summed E-state index contributed by atoms with van der Waals surface area (Å²) in [6, 6.07) is 8.70. The fraction of sp³-hybridized carbons (Fsp3) is 0.357. The molecule has 1 heterocycles. The maximum atomic E-state index is 4.52. The van der Waals surface area contributed by atoms with Crippen LogP contribution in [-0.4, -0.2) is 17.0 Å². The molecule has 3 heteroatoms. The van der Waals surface area contributed by atoms with Crippen LogP contribution in [0.25, 0.3) is 0 Å². The Morgan fingerprint density at radius 3 is 3.18 bits per heavy atom. The predicted octanol–water partition coefficient (Wildman–Crippen LogP) is 2.21. The lowest BCUT2D eigenvalue weighted by molar-refractivity contribution is 0.731. The molecule has 1 aromatic heterocycles. The molecule has 1 aliphatic carbocycles. The molecule has 0 saturated heterocycles. The summed E-state index contributed by atoms with van der Waals surface area (Å²) in [6.45, 7) is 0.849. The van der Waals surface area contributed by atoms with E-state index in [2.05, 4.69) is 39.6 Å². The first-order valence-electron chi connectivity index (χ1n) is 6.14. The summed E-state index contributed by atoms with van der Waals surface area (Å²) >= 11 is 0. The number of rotatable bonds is 3. The van der Waals surface area contributed by atoms with Gasteiger partial charge in [0, 0.05) is 24.4 Å². The van der Waals surface area contributed by atoms with E-state index < -0.39 is 0 Å². The highest BCUT2D eigenvalue weighted by Crippen LogP contribution is 2.36. The van der Waals surface area contributed by atoms with Crippen molar-refractivity contribution >= 4 is 0 Å². The number of benzene rings is 1. The maximum Gasteiger partial charge on any atom is 0.113 e. The van der Waals surface area contributed by atoms with Crippen LogP contribution in [0, 0.1) is 0 Å². The molecule has 1 aliphatic rings. The molecule has 17 heavy (non-hydrogen) atoms. The van der Waals surface area contributed by atoms with Gasteiger partial charge in [-0.15, -0.1) is 0 Å². The molecule has 1 aromatic carbocycles. The SMILES string of the molecule is CNCc1cnc(C2CCc3ccccc32)[nH]1. The second kappa shape index (κ2) is 4.34. The summed E-state index contributed by atoms with van der Waals surface area (Å²) in [7, 11) is 1.95. The predicted molar refractivity (Wildman–Crippen MR) is 68.0 cm³/mol. The first-order chi connectivity index (χ1) is 8.38. The molecule has 1 unspecified atom stereocenters. The summed E-state index contributed by atoms with van der Waals surface area (Å²) in [5, 5.41) is 3.14. The molecule has 3 nitrogen and oxygen atoms in total. The van der Waals surface area contributed by atoms with Gasteiger partial charge in [-0.1, -0.05) is 24.3 Å². The number of nitrogens with one attached hydrogen (secondary N) is 2. The van der Waals surface area contributed by atoms with Gasteiger partial charge in [0.15, 0.2) is 0 Å². The van der Waals surface area contributed by atoms with E-state index in [0.717, 1.165) is 18.1 Å². The lowest BCUT2D eigenvalue weighted by Crippen LogP contribution is -2.05. The second-order valence-electron chi connectivity index (χ2n) is 4.61. The average molecular weight is 227 g/mol. The molecule has 0 radical (unpaired) electrons. The van der Waals surface area contributed by atoms with Crippen LogP contribution in [0.2, 0.25) is 0 Å². The molecule has 3 rings (SSSR count). The van der Waals surface area contributed by atoms with Crippen molar-refractivity contribution in [2.45, 2.75) is 25.3 Å². The third kappa shape index (κ3) is 1.87. The Labute approximate surface area is 101 Å². The van der Waals surface area contributed by atoms with Crippen molar-refractivity contribution in [3.8, 4) is 0 Å². The van der Waals surface area contributed by atoms with Crippen LogP contribution in [0.1, 0.15) is 35.0 Å². The number of imidazole rings is 1. The Bertz CT molecular complexity index is 516. The third-order valence-electron chi connectivity index (χ3n) is 3.48. The molecular formula is C14H17N3. The maximum absolute atomic E-state index is 4.52. The van der Waals surface area contributed by atoms with Crippen molar-refractivity contribution in [2.75, 3.05) is 7.05 Å². The minimum atomic E-state index is 0.455. The van der Waals surface area contributed by atoms with Gasteiger partial charge in [-0.25, -0.2) is 4.98 Å². The topological polar surface area (TPSA) is 40.7 Å². The minimum Gasteiger partial charge on any atom is -0.344 e. The van der Waals surface area contributed by atoms with Gasteiger partial charge in [0.1, 0.15) is 5.82 Å². The van der Waals surface area contributed by atoms with E-state index in [1.54, 1.807) is 0 Å². The van der Waals surface area contributed by atoms with Gasteiger partial charge in [0.2, 0.25) is 0 Å². The lowest BCUT2D eigenvalue weighted by Gasteiger charge is -2.08. The smallest absolute Gasteiger partial charge is 0.113 e. The number of nitrogens with zero attached hydrogens (tertiary/aromatic N) is 1. The van der Waals surface area contributed by atoms with E-state index in [1.165, 1.54) is 24.0 Å². The average Bonchev–Trinajstić information content (AvgIpc) is 2.95. The monoisotopic (exact) mass is 227 g/mol. The fourth-order valence-electron chi connectivity index (χ4n) is 2.68. The zero-order chi connectivity index (χ0) is 11.7. The van der Waals surface area contributed by atoms with E-state index in [4.69, 9.17) is 0 Å². The highest BCUT2D eigenvalue weighted by molar-refractivity contribution is 5.38. The molecule has 88 valence electrons. The third-order valence-corrected chi connectivity index (χ3v) is 3.48. The molecule has 2 aromatic rings. The van der Waals surface area contributed by atoms with Crippen molar-refractivity contribution in [3.05, 3.63) is 53.1 Å². The first kappa shape index (κ1) is 10.5. The van der Waals surface area contributed by atoms with Crippen LogP contribution in [-0.2, 0) is 13.0 Å². The standard InChI is InChI=1S/C14H17N3/c1-15-8-11-9-16-14(17-11)13-7-6-10-4-2-3-5-12(10)13/h2-5,9,13,15H,6-8H2,1H3,(H,16,17). The number of H-pyrrole nitrogens is 1.